The number of halogens is 2. The molecular formula is C27H27ClFN5O3. The van der Waals surface area contributed by atoms with Crippen molar-refractivity contribution in [3.05, 3.63) is 65.1 Å². The summed E-state index contributed by atoms with van der Waals surface area (Å²) in [7, 11) is 1.49. The number of nitrogens with one attached hydrogen (secondary N) is 2. The second-order valence-electron chi connectivity index (χ2n) is 8.70. The first-order valence-corrected chi connectivity index (χ1v) is 12.3. The molecule has 0 spiro atoms. The number of anilines is 3. The number of aliphatic hydroxyl groups excluding tert-OH is 1. The van der Waals surface area contributed by atoms with Crippen LogP contribution in [0.15, 0.2) is 48.7 Å². The van der Waals surface area contributed by atoms with Gasteiger partial charge >= 0.3 is 0 Å². The number of fused-ring (bicyclic) bond motifs is 1. The SMILES string of the molecule is COc1cc2ncc(C#N)c(Nc3ccc(F)c(Cl)c3)c2cc1NC(=O)/C=C/CN1CCCCC1CO. The zero-order valence-electron chi connectivity index (χ0n) is 20.3. The molecule has 1 unspecified atom stereocenters. The molecule has 10 heteroatoms. The van der Waals surface area contributed by atoms with E-state index in [4.69, 9.17) is 16.3 Å². The molecule has 0 radical (unpaired) electrons. The van der Waals surface area contributed by atoms with E-state index in [1.807, 2.05) is 0 Å². The number of pyridine rings is 1. The molecule has 192 valence electrons. The van der Waals surface area contributed by atoms with Gasteiger partial charge in [-0.15, -0.1) is 0 Å². The normalized spacial score (nSPS) is 16.0. The van der Waals surface area contributed by atoms with Crippen LogP contribution in [-0.4, -0.2) is 53.7 Å². The Hall–Kier alpha value is -3.71. The van der Waals surface area contributed by atoms with Gasteiger partial charge in [-0.3, -0.25) is 14.7 Å². The highest BCUT2D eigenvalue weighted by Gasteiger charge is 2.20. The topological polar surface area (TPSA) is 111 Å². The van der Waals surface area contributed by atoms with Gasteiger partial charge in [-0.25, -0.2) is 4.39 Å². The van der Waals surface area contributed by atoms with Crippen LogP contribution in [0.1, 0.15) is 24.8 Å². The minimum atomic E-state index is -0.553. The Labute approximate surface area is 219 Å². The number of rotatable bonds is 8. The van der Waals surface area contributed by atoms with Crippen LogP contribution in [0.5, 0.6) is 5.75 Å². The number of methoxy groups -OCH3 is 1. The lowest BCUT2D eigenvalue weighted by Crippen LogP contribution is -2.41. The number of piperidine rings is 1. The quantitative estimate of drug-likeness (QED) is 0.357. The second kappa shape index (κ2) is 12.0. The number of carbonyl (C=O) groups is 1. The molecule has 0 saturated carbocycles. The molecule has 1 atom stereocenters. The maximum absolute atomic E-state index is 13.6. The van der Waals surface area contributed by atoms with Gasteiger partial charge < -0.3 is 20.5 Å². The molecule has 1 amide bonds. The Kier molecular flexibility index (Phi) is 8.56. The number of hydrogen-bond acceptors (Lipinski definition) is 7. The number of nitrogens with zero attached hydrogens (tertiary/aromatic N) is 3. The third-order valence-electron chi connectivity index (χ3n) is 6.33. The van der Waals surface area contributed by atoms with Gasteiger partial charge in [-0.05, 0) is 43.7 Å². The van der Waals surface area contributed by atoms with Crippen molar-refractivity contribution in [1.82, 2.24) is 9.88 Å². The maximum Gasteiger partial charge on any atom is 0.248 e. The van der Waals surface area contributed by atoms with Gasteiger partial charge in [0.25, 0.3) is 0 Å². The predicted molar refractivity (Wildman–Crippen MR) is 142 cm³/mol. The van der Waals surface area contributed by atoms with E-state index in [0.29, 0.717) is 40.3 Å². The summed E-state index contributed by atoms with van der Waals surface area (Å²) in [6.45, 7) is 1.56. The molecule has 3 aromatic rings. The summed E-state index contributed by atoms with van der Waals surface area (Å²) in [5.74, 6) is -0.500. The molecule has 1 aliphatic heterocycles. The number of likely N-dealkylation sites (tertiary alicyclic amines) is 1. The third kappa shape index (κ3) is 6.17. The van der Waals surface area contributed by atoms with Crippen LogP contribution in [0.2, 0.25) is 5.02 Å². The van der Waals surface area contributed by atoms with E-state index in [9.17, 15) is 19.6 Å². The highest BCUT2D eigenvalue weighted by atomic mass is 35.5. The molecule has 0 bridgehead atoms. The van der Waals surface area contributed by atoms with E-state index in [1.54, 1.807) is 18.2 Å². The fourth-order valence-corrected chi connectivity index (χ4v) is 4.58. The van der Waals surface area contributed by atoms with Crippen molar-refractivity contribution in [2.24, 2.45) is 0 Å². The molecule has 1 saturated heterocycles. The van der Waals surface area contributed by atoms with E-state index in [0.717, 1.165) is 25.8 Å². The van der Waals surface area contributed by atoms with Crippen LogP contribution in [0, 0.1) is 17.1 Å². The largest absolute Gasteiger partial charge is 0.494 e. The first-order valence-electron chi connectivity index (χ1n) is 11.9. The summed E-state index contributed by atoms with van der Waals surface area (Å²) >= 11 is 5.92. The van der Waals surface area contributed by atoms with E-state index in [2.05, 4.69) is 26.6 Å². The van der Waals surface area contributed by atoms with E-state index in [1.165, 1.54) is 37.6 Å². The molecule has 2 heterocycles. The van der Waals surface area contributed by atoms with Crippen LogP contribution in [0.3, 0.4) is 0 Å². The van der Waals surface area contributed by atoms with Gasteiger partial charge in [-0.1, -0.05) is 24.1 Å². The van der Waals surface area contributed by atoms with Gasteiger partial charge in [0.1, 0.15) is 17.6 Å². The third-order valence-corrected chi connectivity index (χ3v) is 6.62. The molecule has 2 aromatic carbocycles. The van der Waals surface area contributed by atoms with E-state index in [-0.39, 0.29) is 29.1 Å². The molecule has 1 aromatic heterocycles. The zero-order valence-corrected chi connectivity index (χ0v) is 21.1. The monoisotopic (exact) mass is 523 g/mol. The van der Waals surface area contributed by atoms with Crippen LogP contribution >= 0.6 is 11.6 Å². The molecular weight excluding hydrogens is 497 g/mol. The Balaban J connectivity index is 1.60. The summed E-state index contributed by atoms with van der Waals surface area (Å²) < 4.78 is 19.1. The Bertz CT molecular complexity index is 1370. The van der Waals surface area contributed by atoms with Gasteiger partial charge in [0.2, 0.25) is 5.91 Å². The Morgan fingerprint density at radius 2 is 2.22 bits per heavy atom. The summed E-state index contributed by atoms with van der Waals surface area (Å²) in [6.07, 6.45) is 7.78. The van der Waals surface area contributed by atoms with Crippen molar-refractivity contribution < 1.29 is 19.0 Å². The smallest absolute Gasteiger partial charge is 0.248 e. The van der Waals surface area contributed by atoms with E-state index < -0.39 is 5.82 Å². The number of aliphatic hydroxyl groups is 1. The van der Waals surface area contributed by atoms with Crippen LogP contribution < -0.4 is 15.4 Å². The summed E-state index contributed by atoms with van der Waals surface area (Å²) in [6, 6.07) is 9.72. The minimum absolute atomic E-state index is 0.0573. The van der Waals surface area contributed by atoms with Crippen molar-refractivity contribution in [2.75, 3.05) is 37.4 Å². The number of ether oxygens (including phenoxy) is 1. The fourth-order valence-electron chi connectivity index (χ4n) is 4.40. The van der Waals surface area contributed by atoms with Crippen LogP contribution in [0.4, 0.5) is 21.5 Å². The van der Waals surface area contributed by atoms with Gasteiger partial charge in [0, 0.05) is 42.0 Å². The van der Waals surface area contributed by atoms with E-state index >= 15 is 0 Å². The zero-order chi connectivity index (χ0) is 26.4. The molecule has 0 aliphatic carbocycles. The molecule has 3 N–H and O–H groups in total. The number of amides is 1. The first-order chi connectivity index (χ1) is 17.9. The standard InChI is InChI=1S/C27H27ClFN5O3/c1-37-25-13-23-20(27(17(14-30)15-31-23)32-18-7-8-22(29)21(28)11-18)12-24(25)33-26(36)6-4-10-34-9-3-2-5-19(34)16-35/h4,6-8,11-13,15,19,35H,2-3,5,9-10,16H2,1H3,(H,31,32)(H,33,36)/b6-4+. The highest BCUT2D eigenvalue weighted by molar-refractivity contribution is 6.31. The number of hydrogen-bond donors (Lipinski definition) is 3. The molecule has 1 fully saturated rings. The lowest BCUT2D eigenvalue weighted by molar-refractivity contribution is -0.111. The van der Waals surface area contributed by atoms with Gasteiger partial charge in [0.15, 0.2) is 0 Å². The first kappa shape index (κ1) is 26.4. The second-order valence-corrected chi connectivity index (χ2v) is 9.11. The average molecular weight is 524 g/mol. The van der Waals surface area contributed by atoms with Crippen molar-refractivity contribution in [2.45, 2.75) is 25.3 Å². The lowest BCUT2D eigenvalue weighted by atomic mass is 10.0. The Morgan fingerprint density at radius 3 is 2.95 bits per heavy atom. The summed E-state index contributed by atoms with van der Waals surface area (Å²) in [5.41, 5.74) is 2.10. The van der Waals surface area contributed by atoms with Crippen LogP contribution in [-0.2, 0) is 4.79 Å². The molecule has 4 rings (SSSR count). The number of carbonyl (C=O) groups excluding carboxylic acids is 1. The fraction of sp³-hybridized carbons (Fsp3) is 0.296. The van der Waals surface area contributed by atoms with Crippen molar-refractivity contribution >= 4 is 45.5 Å². The number of aromatic nitrogens is 1. The molecule has 8 nitrogen and oxygen atoms in total. The molecule has 37 heavy (non-hydrogen) atoms. The van der Waals surface area contributed by atoms with Crippen molar-refractivity contribution in [3.8, 4) is 11.8 Å². The summed E-state index contributed by atoms with van der Waals surface area (Å²) in [5, 5.41) is 25.7. The summed E-state index contributed by atoms with van der Waals surface area (Å²) in [4.78, 5) is 19.2. The maximum atomic E-state index is 13.6. The number of benzene rings is 2. The Morgan fingerprint density at radius 1 is 1.38 bits per heavy atom. The van der Waals surface area contributed by atoms with Gasteiger partial charge in [0.05, 0.1) is 41.2 Å². The minimum Gasteiger partial charge on any atom is -0.494 e. The number of nitriles is 1. The highest BCUT2D eigenvalue weighted by Crippen LogP contribution is 2.36. The molecule has 1 aliphatic rings. The van der Waals surface area contributed by atoms with Crippen LogP contribution in [0.25, 0.3) is 10.9 Å². The average Bonchev–Trinajstić information content (AvgIpc) is 2.91. The van der Waals surface area contributed by atoms with Gasteiger partial charge in [-0.2, -0.15) is 5.26 Å². The van der Waals surface area contributed by atoms with Crippen molar-refractivity contribution in [1.29, 1.82) is 5.26 Å². The lowest BCUT2D eigenvalue weighted by Gasteiger charge is -2.33. The predicted octanol–water partition coefficient (Wildman–Crippen LogP) is 4.99. The van der Waals surface area contributed by atoms with Crippen molar-refractivity contribution in [3.63, 3.8) is 0 Å².